The van der Waals surface area contributed by atoms with E-state index in [1.807, 2.05) is 41.6 Å². The number of amides is 4. The predicted octanol–water partition coefficient (Wildman–Crippen LogP) is 4.86. The van der Waals surface area contributed by atoms with Crippen molar-refractivity contribution in [1.29, 1.82) is 0 Å². The third-order valence-electron chi connectivity index (χ3n) is 11.1. The monoisotopic (exact) mass is 692 g/mol. The summed E-state index contributed by atoms with van der Waals surface area (Å²) in [5.41, 5.74) is 5.85. The first-order valence-corrected chi connectivity index (χ1v) is 17.3. The molecule has 14 nitrogen and oxygen atoms in total. The van der Waals surface area contributed by atoms with Gasteiger partial charge >= 0.3 is 12.2 Å². The van der Waals surface area contributed by atoms with Gasteiger partial charge in [-0.2, -0.15) is 0 Å². The summed E-state index contributed by atoms with van der Waals surface area (Å²) in [6.07, 6.45) is 7.89. The number of rotatable bonds is 9. The molecule has 264 valence electrons. The number of likely N-dealkylation sites (tertiary alicyclic amines) is 2. The van der Waals surface area contributed by atoms with Crippen LogP contribution in [0.4, 0.5) is 9.59 Å². The van der Waals surface area contributed by atoms with E-state index < -0.39 is 12.2 Å². The minimum atomic E-state index is -1.21. The minimum Gasteiger partial charge on any atom is -0.465 e. The fraction of sp³-hybridized carbons (Fsp3) is 0.405. The number of carbonyl (C=O) groups is 4. The Hall–Kier alpha value is -5.66. The maximum Gasteiger partial charge on any atom is 0.407 e. The van der Waals surface area contributed by atoms with Crippen LogP contribution in [0.3, 0.4) is 0 Å². The zero-order chi connectivity index (χ0) is 35.3. The van der Waals surface area contributed by atoms with Crippen molar-refractivity contribution in [2.24, 2.45) is 10.8 Å². The summed E-state index contributed by atoms with van der Waals surface area (Å²) < 4.78 is 4.62. The molecule has 2 spiro atoms. The Morgan fingerprint density at radius 1 is 0.725 bits per heavy atom. The number of aromatic nitrogens is 4. The first-order valence-electron chi connectivity index (χ1n) is 17.3. The van der Waals surface area contributed by atoms with Crippen molar-refractivity contribution < 1.29 is 29.0 Å². The molecule has 14 heteroatoms. The molecule has 8 rings (SSSR count). The molecule has 4 aromatic rings. The van der Waals surface area contributed by atoms with Crippen LogP contribution in [0.15, 0.2) is 60.9 Å². The Morgan fingerprint density at radius 3 is 1.53 bits per heavy atom. The summed E-state index contributed by atoms with van der Waals surface area (Å²) in [5, 5.41) is 13.7. The predicted molar refractivity (Wildman–Crippen MR) is 185 cm³/mol. The first-order chi connectivity index (χ1) is 24.6. The molecule has 0 bridgehead atoms. The number of benzene rings is 2. The molecule has 51 heavy (non-hydrogen) atoms. The number of hydrogen-bond donors (Lipinski definition) is 5. The third-order valence-corrected chi connectivity index (χ3v) is 11.1. The number of imidazole rings is 2. The topological polar surface area (TPSA) is 186 Å². The highest BCUT2D eigenvalue weighted by molar-refractivity contribution is 5.83. The van der Waals surface area contributed by atoms with E-state index in [1.54, 1.807) is 4.90 Å². The summed E-state index contributed by atoms with van der Waals surface area (Å²) >= 11 is 0. The van der Waals surface area contributed by atoms with Gasteiger partial charge in [0, 0.05) is 36.6 Å². The SMILES string of the molecule is COC(=O)NCC(=O)N1CC2(CC2)C[C@H]1c1nc(-c2ccc(-c3ccc(-c4c[nH]c([C@@H]5CC6(CC6)CN5C(=O)CNC(=O)O)n4)cc3)cc2)c[nH]1. The number of carboxylic acid groups (broad SMARTS) is 1. The summed E-state index contributed by atoms with van der Waals surface area (Å²) in [6.45, 7) is 0.928. The zero-order valence-corrected chi connectivity index (χ0v) is 28.3. The summed E-state index contributed by atoms with van der Waals surface area (Å²) in [6, 6.07) is 16.0. The number of ether oxygens (including phenoxy) is 1. The fourth-order valence-electron chi connectivity index (χ4n) is 7.76. The number of methoxy groups -OCH3 is 1. The molecular formula is C37H40N8O6. The van der Waals surface area contributed by atoms with Gasteiger partial charge in [0.25, 0.3) is 0 Å². The Morgan fingerprint density at radius 2 is 1.14 bits per heavy atom. The van der Waals surface area contributed by atoms with Crippen LogP contribution in [0.1, 0.15) is 62.3 Å². The second kappa shape index (κ2) is 12.6. The van der Waals surface area contributed by atoms with Crippen LogP contribution in [0.5, 0.6) is 0 Å². The molecule has 4 heterocycles. The standard InChI is InChI=1S/C37H40N8O6/c1-51-35(50)41-19-31(47)45-21-37(12-13-37)15-29(45)33-39-17-27(43-33)25-8-4-23(5-9-25)22-2-6-24(7-3-22)26-16-38-32(42-26)28-14-36(10-11-36)20-44(28)30(46)18-40-34(48)49/h2-9,16-17,28-29,40H,10-15,18-21H2,1H3,(H,38,42)(H,39,43)(H,41,50)(H,48,49)/t28-,29-/m0/s1. The highest BCUT2D eigenvalue weighted by atomic mass is 16.5. The molecule has 2 aromatic heterocycles. The quantitative estimate of drug-likeness (QED) is 0.165. The Labute approximate surface area is 294 Å². The lowest BCUT2D eigenvalue weighted by Gasteiger charge is -2.23. The number of H-pyrrole nitrogens is 2. The normalized spacial score (nSPS) is 20.8. The molecule has 2 aromatic carbocycles. The zero-order valence-electron chi connectivity index (χ0n) is 28.3. The summed E-state index contributed by atoms with van der Waals surface area (Å²) in [7, 11) is 1.27. The Bertz CT molecular complexity index is 1980. The van der Waals surface area contributed by atoms with Gasteiger partial charge in [-0.1, -0.05) is 48.5 Å². The van der Waals surface area contributed by atoms with Crippen molar-refractivity contribution in [3.63, 3.8) is 0 Å². The van der Waals surface area contributed by atoms with Crippen molar-refractivity contribution in [2.75, 3.05) is 33.3 Å². The van der Waals surface area contributed by atoms with E-state index in [2.05, 4.69) is 49.6 Å². The molecule has 4 fully saturated rings. The third kappa shape index (κ3) is 6.53. The smallest absolute Gasteiger partial charge is 0.407 e. The van der Waals surface area contributed by atoms with Crippen LogP contribution in [0.25, 0.3) is 33.6 Å². The van der Waals surface area contributed by atoms with Crippen LogP contribution in [0.2, 0.25) is 0 Å². The van der Waals surface area contributed by atoms with Crippen molar-refractivity contribution >= 4 is 24.0 Å². The molecular weight excluding hydrogens is 652 g/mol. The van der Waals surface area contributed by atoms with Gasteiger partial charge in [-0.3, -0.25) is 9.59 Å². The van der Waals surface area contributed by atoms with E-state index in [0.717, 1.165) is 78.0 Å². The average Bonchev–Trinajstić information content (AvgIpc) is 3.72. The van der Waals surface area contributed by atoms with Crippen molar-refractivity contribution in [2.45, 2.75) is 50.6 Å². The number of alkyl carbamates (subject to hydrolysis) is 1. The lowest BCUT2D eigenvalue weighted by molar-refractivity contribution is -0.132. The van der Waals surface area contributed by atoms with Gasteiger partial charge in [-0.15, -0.1) is 0 Å². The minimum absolute atomic E-state index is 0.115. The summed E-state index contributed by atoms with van der Waals surface area (Å²) in [4.78, 5) is 68.4. The largest absolute Gasteiger partial charge is 0.465 e. The van der Waals surface area contributed by atoms with E-state index in [1.165, 1.54) is 7.11 Å². The van der Waals surface area contributed by atoms with E-state index in [4.69, 9.17) is 15.1 Å². The van der Waals surface area contributed by atoms with Crippen molar-refractivity contribution in [3.05, 3.63) is 72.6 Å². The van der Waals surface area contributed by atoms with Crippen LogP contribution < -0.4 is 10.6 Å². The van der Waals surface area contributed by atoms with Gasteiger partial charge in [0.05, 0.1) is 30.6 Å². The van der Waals surface area contributed by atoms with Crippen molar-refractivity contribution in [3.8, 4) is 33.6 Å². The van der Waals surface area contributed by atoms with E-state index in [9.17, 15) is 19.2 Å². The molecule has 0 unspecified atom stereocenters. The lowest BCUT2D eigenvalue weighted by atomic mass is 10.0. The van der Waals surface area contributed by atoms with Gasteiger partial charge in [0.15, 0.2) is 0 Å². The van der Waals surface area contributed by atoms with Crippen LogP contribution in [-0.2, 0) is 14.3 Å². The fourth-order valence-corrected chi connectivity index (χ4v) is 7.76. The Kier molecular flexibility index (Phi) is 8.03. The second-order valence-corrected chi connectivity index (χ2v) is 14.5. The summed E-state index contributed by atoms with van der Waals surface area (Å²) in [5.74, 6) is 1.07. The molecule has 2 saturated carbocycles. The molecule has 2 saturated heterocycles. The number of hydrogen-bond acceptors (Lipinski definition) is 7. The molecule has 2 atom stereocenters. The molecule has 0 radical (unpaired) electrons. The number of carbonyl (C=O) groups excluding carboxylic acids is 3. The average molecular weight is 693 g/mol. The molecule has 4 aliphatic rings. The number of nitrogens with one attached hydrogen (secondary N) is 4. The molecule has 5 N–H and O–H groups in total. The van der Waals surface area contributed by atoms with Gasteiger partial charge in [-0.25, -0.2) is 19.6 Å². The maximum atomic E-state index is 13.0. The lowest BCUT2D eigenvalue weighted by Crippen LogP contribution is -2.40. The second-order valence-electron chi connectivity index (χ2n) is 14.5. The Balaban J connectivity index is 0.928. The van der Waals surface area contributed by atoms with E-state index in [0.29, 0.717) is 18.9 Å². The van der Waals surface area contributed by atoms with E-state index >= 15 is 0 Å². The van der Waals surface area contributed by atoms with E-state index in [-0.39, 0.29) is 47.8 Å². The maximum absolute atomic E-state index is 13.0. The van der Waals surface area contributed by atoms with Crippen LogP contribution >= 0.6 is 0 Å². The van der Waals surface area contributed by atoms with Crippen LogP contribution in [-0.4, -0.2) is 92.1 Å². The molecule has 4 amide bonds. The van der Waals surface area contributed by atoms with Gasteiger partial charge in [0.1, 0.15) is 24.7 Å². The van der Waals surface area contributed by atoms with Gasteiger partial charge in [-0.05, 0) is 60.5 Å². The highest BCUT2D eigenvalue weighted by Crippen LogP contribution is 2.59. The number of aromatic amines is 2. The first kappa shape index (κ1) is 32.5. The van der Waals surface area contributed by atoms with Crippen molar-refractivity contribution in [1.82, 2.24) is 40.4 Å². The molecule has 2 aliphatic heterocycles. The van der Waals surface area contributed by atoms with Gasteiger partial charge in [0.2, 0.25) is 11.8 Å². The number of nitrogens with zero attached hydrogens (tertiary/aromatic N) is 4. The van der Waals surface area contributed by atoms with Crippen LogP contribution in [0, 0.1) is 10.8 Å². The highest BCUT2D eigenvalue weighted by Gasteiger charge is 2.55. The van der Waals surface area contributed by atoms with Gasteiger partial charge < -0.3 is 40.2 Å². The molecule has 2 aliphatic carbocycles.